The largest absolute Gasteiger partial charge is 0.467 e. The maximum absolute atomic E-state index is 11.7. The molecule has 0 radical (unpaired) electrons. The number of nitrogens with zero attached hydrogens (tertiary/aromatic N) is 3. The van der Waals surface area contributed by atoms with Crippen molar-refractivity contribution in [2.24, 2.45) is 0 Å². The van der Waals surface area contributed by atoms with Gasteiger partial charge in [0.25, 0.3) is 0 Å². The average Bonchev–Trinajstić information content (AvgIpc) is 2.86. The Labute approximate surface area is 104 Å². The van der Waals surface area contributed by atoms with Crippen molar-refractivity contribution in [3.8, 4) is 0 Å². The summed E-state index contributed by atoms with van der Waals surface area (Å²) in [5.74, 6) is 1.02. The Hall–Kier alpha value is -2.37. The van der Waals surface area contributed by atoms with Gasteiger partial charge in [-0.2, -0.15) is 4.98 Å². The maximum atomic E-state index is 11.7. The number of anilines is 1. The SMILES string of the molecule is C/C=C/CNc1ncn(Cc2ccco2)c(=O)n1. The van der Waals surface area contributed by atoms with E-state index in [0.717, 1.165) is 0 Å². The molecule has 0 aliphatic carbocycles. The molecule has 0 aliphatic heterocycles. The highest BCUT2D eigenvalue weighted by Gasteiger charge is 2.03. The second kappa shape index (κ2) is 5.81. The second-order valence-electron chi connectivity index (χ2n) is 3.62. The Morgan fingerprint density at radius 2 is 2.44 bits per heavy atom. The summed E-state index contributed by atoms with van der Waals surface area (Å²) in [4.78, 5) is 19.6. The Morgan fingerprint density at radius 3 is 3.11 bits per heavy atom. The first kappa shape index (κ1) is 12.1. The van der Waals surface area contributed by atoms with Crippen LogP contribution in [0.4, 0.5) is 5.95 Å². The lowest BCUT2D eigenvalue weighted by molar-refractivity contribution is 0.485. The lowest BCUT2D eigenvalue weighted by Gasteiger charge is -2.04. The minimum atomic E-state index is -0.357. The fraction of sp³-hybridized carbons (Fsp3) is 0.250. The van der Waals surface area contributed by atoms with Crippen molar-refractivity contribution in [2.45, 2.75) is 13.5 Å². The highest BCUT2D eigenvalue weighted by Crippen LogP contribution is 2.01. The fourth-order valence-electron chi connectivity index (χ4n) is 1.39. The molecule has 0 atom stereocenters. The van der Waals surface area contributed by atoms with Gasteiger partial charge < -0.3 is 9.73 Å². The summed E-state index contributed by atoms with van der Waals surface area (Å²) in [6.07, 6.45) is 6.84. The molecule has 0 fully saturated rings. The van der Waals surface area contributed by atoms with Crippen LogP contribution in [0.1, 0.15) is 12.7 Å². The van der Waals surface area contributed by atoms with E-state index in [1.807, 2.05) is 19.1 Å². The van der Waals surface area contributed by atoms with Crippen LogP contribution in [-0.2, 0) is 6.54 Å². The van der Waals surface area contributed by atoms with Crippen molar-refractivity contribution >= 4 is 5.95 Å². The predicted octanol–water partition coefficient (Wildman–Crippen LogP) is 1.27. The maximum Gasteiger partial charge on any atom is 0.352 e. The Morgan fingerprint density at radius 1 is 1.56 bits per heavy atom. The predicted molar refractivity (Wildman–Crippen MR) is 67.4 cm³/mol. The molecule has 2 heterocycles. The topological polar surface area (TPSA) is 73.0 Å². The summed E-state index contributed by atoms with van der Waals surface area (Å²) in [7, 11) is 0. The van der Waals surface area contributed by atoms with Crippen LogP contribution in [-0.4, -0.2) is 21.1 Å². The van der Waals surface area contributed by atoms with Gasteiger partial charge >= 0.3 is 5.69 Å². The van der Waals surface area contributed by atoms with Crippen molar-refractivity contribution in [1.82, 2.24) is 14.5 Å². The van der Waals surface area contributed by atoms with E-state index >= 15 is 0 Å². The number of nitrogens with one attached hydrogen (secondary N) is 1. The second-order valence-corrected chi connectivity index (χ2v) is 3.62. The Balaban J connectivity index is 2.08. The number of allylic oxidation sites excluding steroid dienone is 1. The molecule has 18 heavy (non-hydrogen) atoms. The molecule has 6 nitrogen and oxygen atoms in total. The minimum Gasteiger partial charge on any atom is -0.467 e. The summed E-state index contributed by atoms with van der Waals surface area (Å²) in [5.41, 5.74) is -0.357. The molecule has 2 aromatic heterocycles. The number of hydrogen-bond acceptors (Lipinski definition) is 5. The molecule has 0 unspecified atom stereocenters. The first-order valence-corrected chi connectivity index (χ1v) is 5.60. The van der Waals surface area contributed by atoms with Crippen molar-refractivity contribution in [3.05, 3.63) is 53.1 Å². The molecule has 94 valence electrons. The highest BCUT2D eigenvalue weighted by molar-refractivity contribution is 5.22. The van der Waals surface area contributed by atoms with Crippen LogP contribution in [0.15, 0.2) is 46.1 Å². The van der Waals surface area contributed by atoms with E-state index in [0.29, 0.717) is 24.8 Å². The van der Waals surface area contributed by atoms with Gasteiger partial charge in [0.05, 0.1) is 12.8 Å². The van der Waals surface area contributed by atoms with E-state index in [2.05, 4.69) is 15.3 Å². The molecular weight excluding hydrogens is 232 g/mol. The van der Waals surface area contributed by atoms with Crippen LogP contribution < -0.4 is 11.0 Å². The van der Waals surface area contributed by atoms with E-state index in [4.69, 9.17) is 4.42 Å². The van der Waals surface area contributed by atoms with E-state index in [-0.39, 0.29) is 5.69 Å². The summed E-state index contributed by atoms with van der Waals surface area (Å²) >= 11 is 0. The van der Waals surface area contributed by atoms with Crippen LogP contribution in [0.2, 0.25) is 0 Å². The minimum absolute atomic E-state index is 0.328. The van der Waals surface area contributed by atoms with Crippen molar-refractivity contribution < 1.29 is 4.42 Å². The van der Waals surface area contributed by atoms with Gasteiger partial charge in [-0.1, -0.05) is 12.2 Å². The highest BCUT2D eigenvalue weighted by atomic mass is 16.3. The molecule has 0 aromatic carbocycles. The van der Waals surface area contributed by atoms with Crippen LogP contribution in [0, 0.1) is 0 Å². The van der Waals surface area contributed by atoms with Gasteiger partial charge in [0.2, 0.25) is 5.95 Å². The van der Waals surface area contributed by atoms with Crippen LogP contribution in [0.5, 0.6) is 0 Å². The van der Waals surface area contributed by atoms with Crippen LogP contribution in [0.25, 0.3) is 0 Å². The zero-order valence-electron chi connectivity index (χ0n) is 10.0. The third-order valence-electron chi connectivity index (χ3n) is 2.29. The number of furan rings is 1. The van der Waals surface area contributed by atoms with Gasteiger partial charge in [-0.15, -0.1) is 0 Å². The van der Waals surface area contributed by atoms with Crippen molar-refractivity contribution in [3.63, 3.8) is 0 Å². The van der Waals surface area contributed by atoms with Gasteiger partial charge in [-0.25, -0.2) is 9.78 Å². The van der Waals surface area contributed by atoms with Crippen molar-refractivity contribution in [1.29, 1.82) is 0 Å². The first-order chi connectivity index (χ1) is 8.79. The van der Waals surface area contributed by atoms with Crippen LogP contribution >= 0.6 is 0 Å². The third-order valence-corrected chi connectivity index (χ3v) is 2.29. The average molecular weight is 246 g/mol. The number of hydrogen-bond donors (Lipinski definition) is 1. The quantitative estimate of drug-likeness (QED) is 0.804. The normalized spacial score (nSPS) is 10.9. The van der Waals surface area contributed by atoms with Crippen molar-refractivity contribution in [2.75, 3.05) is 11.9 Å². The summed E-state index contributed by atoms with van der Waals surface area (Å²) in [6.45, 7) is 2.85. The number of rotatable bonds is 5. The van der Waals surface area contributed by atoms with Gasteiger partial charge in [-0.05, 0) is 19.1 Å². The molecule has 0 saturated heterocycles. The zero-order chi connectivity index (χ0) is 12.8. The lowest BCUT2D eigenvalue weighted by Crippen LogP contribution is -2.25. The standard InChI is InChI=1S/C12H14N4O2/c1-2-3-6-13-11-14-9-16(12(17)15-11)8-10-5-4-7-18-10/h2-5,7,9H,6,8H2,1H3,(H,13,15,17)/b3-2+. The molecular formula is C12H14N4O2. The van der Waals surface area contributed by atoms with E-state index < -0.39 is 0 Å². The molecule has 6 heteroatoms. The molecule has 0 spiro atoms. The molecule has 2 aromatic rings. The van der Waals surface area contributed by atoms with Gasteiger partial charge in [0.15, 0.2) is 0 Å². The van der Waals surface area contributed by atoms with Gasteiger partial charge in [0.1, 0.15) is 12.1 Å². The fourth-order valence-corrected chi connectivity index (χ4v) is 1.39. The molecule has 0 amide bonds. The zero-order valence-corrected chi connectivity index (χ0v) is 10.0. The first-order valence-electron chi connectivity index (χ1n) is 5.60. The van der Waals surface area contributed by atoms with E-state index in [9.17, 15) is 4.79 Å². The molecule has 0 bridgehead atoms. The number of aromatic nitrogens is 3. The van der Waals surface area contributed by atoms with Crippen LogP contribution in [0.3, 0.4) is 0 Å². The van der Waals surface area contributed by atoms with Gasteiger partial charge in [-0.3, -0.25) is 4.57 Å². The molecule has 1 N–H and O–H groups in total. The van der Waals surface area contributed by atoms with Gasteiger partial charge in [0, 0.05) is 6.54 Å². The molecule has 0 aliphatic rings. The summed E-state index contributed by atoms with van der Waals surface area (Å²) < 4.78 is 6.55. The van der Waals surface area contributed by atoms with E-state index in [1.54, 1.807) is 18.4 Å². The molecule has 2 rings (SSSR count). The third kappa shape index (κ3) is 3.07. The van der Waals surface area contributed by atoms with E-state index in [1.165, 1.54) is 10.9 Å². The Bertz CT molecular complexity index is 572. The smallest absolute Gasteiger partial charge is 0.352 e. The summed E-state index contributed by atoms with van der Waals surface area (Å²) in [5, 5.41) is 2.93. The summed E-state index contributed by atoms with van der Waals surface area (Å²) in [6, 6.07) is 3.57. The molecule has 0 saturated carbocycles. The lowest BCUT2D eigenvalue weighted by atomic mass is 10.4. The Kier molecular flexibility index (Phi) is 3.90. The monoisotopic (exact) mass is 246 g/mol.